The summed E-state index contributed by atoms with van der Waals surface area (Å²) in [5, 5.41) is 8.91. The van der Waals surface area contributed by atoms with Crippen LogP contribution >= 0.6 is 0 Å². The molecule has 116 valence electrons. The zero-order valence-electron chi connectivity index (χ0n) is 13.2. The molecule has 0 aliphatic carbocycles. The summed E-state index contributed by atoms with van der Waals surface area (Å²) < 4.78 is 0. The number of anilines is 1. The second-order valence-electron chi connectivity index (χ2n) is 6.16. The topological polar surface area (TPSA) is 66.3 Å². The van der Waals surface area contributed by atoms with Crippen molar-refractivity contribution in [2.45, 2.75) is 64.8 Å². The molecule has 21 heavy (non-hydrogen) atoms. The van der Waals surface area contributed by atoms with Gasteiger partial charge in [-0.2, -0.15) is 0 Å². The predicted molar refractivity (Wildman–Crippen MR) is 82.7 cm³/mol. The van der Waals surface area contributed by atoms with Crippen LogP contribution < -0.4 is 4.90 Å². The van der Waals surface area contributed by atoms with Gasteiger partial charge in [-0.05, 0) is 44.6 Å². The summed E-state index contributed by atoms with van der Waals surface area (Å²) >= 11 is 0. The summed E-state index contributed by atoms with van der Waals surface area (Å²) in [6, 6.07) is 2.28. The first kappa shape index (κ1) is 15.7. The van der Waals surface area contributed by atoms with Crippen molar-refractivity contribution in [1.82, 2.24) is 9.97 Å². The molecular weight excluding hydrogens is 266 g/mol. The number of aromatic nitrogens is 2. The summed E-state index contributed by atoms with van der Waals surface area (Å²) in [7, 11) is 0. The summed E-state index contributed by atoms with van der Waals surface area (Å²) in [6.45, 7) is 7.17. The predicted octanol–water partition coefficient (Wildman–Crippen LogP) is 3.13. The van der Waals surface area contributed by atoms with Crippen molar-refractivity contribution in [2.75, 3.05) is 11.4 Å². The molecule has 1 fully saturated rings. The Morgan fingerprint density at radius 3 is 2.86 bits per heavy atom. The Bertz CT molecular complexity index is 502. The third kappa shape index (κ3) is 4.16. The van der Waals surface area contributed by atoms with Crippen molar-refractivity contribution in [3.8, 4) is 0 Å². The van der Waals surface area contributed by atoms with Crippen molar-refractivity contribution >= 4 is 11.9 Å². The number of carboxylic acid groups (broad SMARTS) is 1. The smallest absolute Gasteiger partial charge is 0.303 e. The Morgan fingerprint density at radius 1 is 1.43 bits per heavy atom. The Morgan fingerprint density at radius 2 is 2.19 bits per heavy atom. The lowest BCUT2D eigenvalue weighted by molar-refractivity contribution is -0.137. The number of piperidine rings is 1. The average molecular weight is 291 g/mol. The molecule has 5 nitrogen and oxygen atoms in total. The van der Waals surface area contributed by atoms with E-state index in [-0.39, 0.29) is 12.5 Å². The van der Waals surface area contributed by atoms with Gasteiger partial charge in [0.15, 0.2) is 0 Å². The Kier molecular flexibility index (Phi) is 5.15. The summed E-state index contributed by atoms with van der Waals surface area (Å²) in [4.78, 5) is 22.3. The molecule has 2 heterocycles. The SMILES string of the molecule is Cc1cc(C(C)C)nc(N2CCCCC2CCC(=O)O)n1. The molecule has 1 aliphatic rings. The van der Waals surface area contributed by atoms with E-state index in [0.717, 1.165) is 43.1 Å². The summed E-state index contributed by atoms with van der Waals surface area (Å²) in [5.41, 5.74) is 2.03. The molecule has 1 unspecified atom stereocenters. The minimum absolute atomic E-state index is 0.212. The maximum Gasteiger partial charge on any atom is 0.303 e. The van der Waals surface area contributed by atoms with Crippen LogP contribution in [0.5, 0.6) is 0 Å². The lowest BCUT2D eigenvalue weighted by Gasteiger charge is -2.36. The van der Waals surface area contributed by atoms with Crippen molar-refractivity contribution in [1.29, 1.82) is 0 Å². The number of aliphatic carboxylic acids is 1. The minimum atomic E-state index is -0.728. The molecule has 0 bridgehead atoms. The molecule has 0 saturated carbocycles. The Labute approximate surface area is 126 Å². The maximum atomic E-state index is 10.8. The van der Waals surface area contributed by atoms with Gasteiger partial charge in [0.1, 0.15) is 0 Å². The lowest BCUT2D eigenvalue weighted by Crippen LogP contribution is -2.41. The molecule has 0 amide bonds. The van der Waals surface area contributed by atoms with E-state index in [1.54, 1.807) is 0 Å². The highest BCUT2D eigenvalue weighted by atomic mass is 16.4. The van der Waals surface area contributed by atoms with Gasteiger partial charge in [-0.1, -0.05) is 13.8 Å². The summed E-state index contributed by atoms with van der Waals surface area (Å²) in [5.74, 6) is 0.412. The molecule has 1 aliphatic heterocycles. The van der Waals surface area contributed by atoms with Crippen LogP contribution in [0.15, 0.2) is 6.07 Å². The highest BCUT2D eigenvalue weighted by molar-refractivity contribution is 5.66. The monoisotopic (exact) mass is 291 g/mol. The van der Waals surface area contributed by atoms with E-state index in [1.807, 2.05) is 13.0 Å². The van der Waals surface area contributed by atoms with E-state index in [0.29, 0.717) is 12.3 Å². The first-order chi connectivity index (χ1) is 9.97. The Hall–Kier alpha value is -1.65. The van der Waals surface area contributed by atoms with Crippen LogP contribution in [0.2, 0.25) is 0 Å². The molecule has 1 atom stereocenters. The normalized spacial score (nSPS) is 19.0. The third-order valence-corrected chi connectivity index (χ3v) is 4.03. The molecule has 2 rings (SSSR count). The van der Waals surface area contributed by atoms with Crippen LogP contribution in [-0.4, -0.2) is 33.6 Å². The minimum Gasteiger partial charge on any atom is -0.481 e. The molecule has 5 heteroatoms. The van der Waals surface area contributed by atoms with Crippen molar-refractivity contribution in [3.63, 3.8) is 0 Å². The van der Waals surface area contributed by atoms with Gasteiger partial charge in [0.05, 0.1) is 0 Å². The molecule has 1 saturated heterocycles. The van der Waals surface area contributed by atoms with E-state index in [9.17, 15) is 4.79 Å². The first-order valence-electron chi connectivity index (χ1n) is 7.81. The number of aryl methyl sites for hydroxylation is 1. The van der Waals surface area contributed by atoms with Crippen LogP contribution in [-0.2, 0) is 4.79 Å². The quantitative estimate of drug-likeness (QED) is 0.902. The molecule has 0 spiro atoms. The van der Waals surface area contributed by atoms with Gasteiger partial charge in [-0.3, -0.25) is 4.79 Å². The highest BCUT2D eigenvalue weighted by Crippen LogP contribution is 2.26. The van der Waals surface area contributed by atoms with E-state index in [2.05, 4.69) is 23.7 Å². The standard InChI is InChI=1S/C16H25N3O2/c1-11(2)14-10-12(3)17-16(18-14)19-9-5-4-6-13(19)7-8-15(20)21/h10-11,13H,4-9H2,1-3H3,(H,20,21). The second kappa shape index (κ2) is 6.87. The van der Waals surface area contributed by atoms with Gasteiger partial charge in [0.2, 0.25) is 5.95 Å². The van der Waals surface area contributed by atoms with Gasteiger partial charge in [-0.15, -0.1) is 0 Å². The average Bonchev–Trinajstić information content (AvgIpc) is 2.44. The van der Waals surface area contributed by atoms with Crippen LogP contribution in [0.4, 0.5) is 5.95 Å². The highest BCUT2D eigenvalue weighted by Gasteiger charge is 2.25. The van der Waals surface area contributed by atoms with E-state index in [1.165, 1.54) is 0 Å². The zero-order chi connectivity index (χ0) is 15.4. The van der Waals surface area contributed by atoms with E-state index in [4.69, 9.17) is 10.1 Å². The third-order valence-electron chi connectivity index (χ3n) is 4.03. The number of carboxylic acids is 1. The fourth-order valence-electron chi connectivity index (χ4n) is 2.86. The van der Waals surface area contributed by atoms with Crippen molar-refractivity contribution in [2.24, 2.45) is 0 Å². The lowest BCUT2D eigenvalue weighted by atomic mass is 9.98. The van der Waals surface area contributed by atoms with Gasteiger partial charge in [-0.25, -0.2) is 9.97 Å². The van der Waals surface area contributed by atoms with Crippen LogP contribution in [0.25, 0.3) is 0 Å². The molecular formula is C16H25N3O2. The van der Waals surface area contributed by atoms with E-state index < -0.39 is 5.97 Å². The molecule has 0 aromatic carbocycles. The van der Waals surface area contributed by atoms with Gasteiger partial charge in [0, 0.05) is 30.4 Å². The fraction of sp³-hybridized carbons (Fsp3) is 0.688. The molecule has 0 radical (unpaired) electrons. The largest absolute Gasteiger partial charge is 0.481 e. The fourth-order valence-corrected chi connectivity index (χ4v) is 2.86. The second-order valence-corrected chi connectivity index (χ2v) is 6.16. The van der Waals surface area contributed by atoms with E-state index >= 15 is 0 Å². The van der Waals surface area contributed by atoms with Gasteiger partial charge >= 0.3 is 5.97 Å². The van der Waals surface area contributed by atoms with Crippen molar-refractivity contribution in [3.05, 3.63) is 17.5 Å². The first-order valence-corrected chi connectivity index (χ1v) is 7.81. The zero-order valence-corrected chi connectivity index (χ0v) is 13.2. The van der Waals surface area contributed by atoms with Crippen molar-refractivity contribution < 1.29 is 9.90 Å². The van der Waals surface area contributed by atoms with Gasteiger partial charge < -0.3 is 10.0 Å². The van der Waals surface area contributed by atoms with Crippen LogP contribution in [0, 0.1) is 6.92 Å². The molecule has 1 aromatic rings. The van der Waals surface area contributed by atoms with Crippen LogP contribution in [0.3, 0.4) is 0 Å². The Balaban J connectivity index is 2.22. The molecule has 1 N–H and O–H groups in total. The number of hydrogen-bond acceptors (Lipinski definition) is 4. The number of rotatable bonds is 5. The summed E-state index contributed by atoms with van der Waals surface area (Å²) in [6.07, 6.45) is 4.19. The number of nitrogens with zero attached hydrogens (tertiary/aromatic N) is 3. The number of hydrogen-bond donors (Lipinski definition) is 1. The molecule has 1 aromatic heterocycles. The number of carbonyl (C=O) groups is 1. The maximum absolute atomic E-state index is 10.8. The van der Waals surface area contributed by atoms with Crippen LogP contribution in [0.1, 0.15) is 63.3 Å². The van der Waals surface area contributed by atoms with Gasteiger partial charge in [0.25, 0.3) is 0 Å².